The van der Waals surface area contributed by atoms with E-state index in [1.54, 1.807) is 13.0 Å². The third-order valence-corrected chi connectivity index (χ3v) is 4.11. The van der Waals surface area contributed by atoms with E-state index < -0.39 is 15.9 Å². The quantitative estimate of drug-likeness (QED) is 0.765. The Morgan fingerprint density at radius 2 is 2.10 bits per heavy atom. The molecular weight excluding hydrogens is 294 g/mol. The molecule has 0 spiro atoms. The van der Waals surface area contributed by atoms with Gasteiger partial charge in [0.15, 0.2) is 9.84 Å². The van der Waals surface area contributed by atoms with Crippen molar-refractivity contribution in [1.29, 1.82) is 0 Å². The van der Waals surface area contributed by atoms with Crippen LogP contribution in [-0.4, -0.2) is 52.1 Å². The van der Waals surface area contributed by atoms with Gasteiger partial charge in [-0.05, 0) is 31.0 Å². The summed E-state index contributed by atoms with van der Waals surface area (Å²) in [5.41, 5.74) is 1.01. The largest absolute Gasteiger partial charge is 0.391 e. The van der Waals surface area contributed by atoms with Crippen molar-refractivity contribution in [3.05, 3.63) is 29.3 Å². The lowest BCUT2D eigenvalue weighted by Crippen LogP contribution is -2.29. The SMILES string of the molecule is COCC(O)CCNC(=O)c1cc(S(C)(=O)=O)ccc1C. The Kier molecular flexibility index (Phi) is 6.32. The summed E-state index contributed by atoms with van der Waals surface area (Å²) in [6, 6.07) is 4.44. The summed E-state index contributed by atoms with van der Waals surface area (Å²) in [6.45, 7) is 2.23. The van der Waals surface area contributed by atoms with Crippen LogP contribution in [0, 0.1) is 6.92 Å². The van der Waals surface area contributed by atoms with Gasteiger partial charge in [0.05, 0.1) is 17.6 Å². The fourth-order valence-electron chi connectivity index (χ4n) is 1.80. The van der Waals surface area contributed by atoms with Crippen LogP contribution in [0.25, 0.3) is 0 Å². The Morgan fingerprint density at radius 1 is 1.43 bits per heavy atom. The topological polar surface area (TPSA) is 92.7 Å². The summed E-state index contributed by atoms with van der Waals surface area (Å²) in [5.74, 6) is -0.359. The summed E-state index contributed by atoms with van der Waals surface area (Å²) in [6.07, 6.45) is 0.823. The maximum atomic E-state index is 12.1. The van der Waals surface area contributed by atoms with Crippen molar-refractivity contribution in [3.8, 4) is 0 Å². The number of hydrogen-bond donors (Lipinski definition) is 2. The molecule has 1 unspecified atom stereocenters. The van der Waals surface area contributed by atoms with Gasteiger partial charge in [-0.2, -0.15) is 0 Å². The first-order valence-electron chi connectivity index (χ1n) is 6.51. The second-order valence-corrected chi connectivity index (χ2v) is 6.92. The number of sulfone groups is 1. The standard InChI is InChI=1S/C14H21NO5S/c1-10-4-5-12(21(3,18)19)8-13(10)14(17)15-7-6-11(16)9-20-2/h4-5,8,11,16H,6-7,9H2,1-3H3,(H,15,17). The maximum absolute atomic E-state index is 12.1. The van der Waals surface area contributed by atoms with Crippen LogP contribution in [0.5, 0.6) is 0 Å². The molecule has 0 bridgehead atoms. The highest BCUT2D eigenvalue weighted by Crippen LogP contribution is 2.15. The first-order chi connectivity index (χ1) is 9.75. The highest BCUT2D eigenvalue weighted by molar-refractivity contribution is 7.90. The molecule has 7 heteroatoms. The number of rotatable bonds is 7. The van der Waals surface area contributed by atoms with Crippen molar-refractivity contribution >= 4 is 15.7 Å². The van der Waals surface area contributed by atoms with E-state index in [0.29, 0.717) is 17.5 Å². The summed E-state index contributed by atoms with van der Waals surface area (Å²) in [4.78, 5) is 12.2. The second-order valence-electron chi connectivity index (χ2n) is 4.90. The smallest absolute Gasteiger partial charge is 0.251 e. The van der Waals surface area contributed by atoms with Gasteiger partial charge in [0.25, 0.3) is 5.91 Å². The third kappa shape index (κ3) is 5.45. The molecule has 0 saturated carbocycles. The lowest BCUT2D eigenvalue weighted by Gasteiger charge is -2.11. The number of aliphatic hydroxyl groups excluding tert-OH is 1. The van der Waals surface area contributed by atoms with E-state index in [0.717, 1.165) is 6.26 Å². The molecule has 1 aromatic rings. The predicted octanol–water partition coefficient (Wildman–Crippen LogP) is 0.526. The van der Waals surface area contributed by atoms with Crippen LogP contribution in [0.4, 0.5) is 0 Å². The van der Waals surface area contributed by atoms with Gasteiger partial charge in [0.1, 0.15) is 0 Å². The van der Waals surface area contributed by atoms with Gasteiger partial charge in [0, 0.05) is 25.5 Å². The molecule has 0 saturated heterocycles. The average molecular weight is 315 g/mol. The van der Waals surface area contributed by atoms with Gasteiger partial charge >= 0.3 is 0 Å². The second kappa shape index (κ2) is 7.53. The van der Waals surface area contributed by atoms with E-state index in [2.05, 4.69) is 5.32 Å². The molecule has 0 aliphatic heterocycles. The monoisotopic (exact) mass is 315 g/mol. The van der Waals surface area contributed by atoms with E-state index in [1.165, 1.54) is 19.2 Å². The minimum absolute atomic E-state index is 0.109. The molecule has 0 aromatic heterocycles. The molecule has 1 amide bonds. The molecule has 2 N–H and O–H groups in total. The first kappa shape index (κ1) is 17.6. The molecule has 0 aliphatic carbocycles. The van der Waals surface area contributed by atoms with Crippen molar-refractivity contribution in [2.45, 2.75) is 24.3 Å². The molecule has 1 atom stereocenters. The van der Waals surface area contributed by atoms with Crippen LogP contribution in [0.3, 0.4) is 0 Å². The van der Waals surface area contributed by atoms with Crippen LogP contribution in [0.15, 0.2) is 23.1 Å². The number of nitrogens with one attached hydrogen (secondary N) is 1. The van der Waals surface area contributed by atoms with Gasteiger partial charge in [-0.1, -0.05) is 6.07 Å². The lowest BCUT2D eigenvalue weighted by molar-refractivity contribution is 0.0587. The minimum atomic E-state index is -3.35. The average Bonchev–Trinajstić information content (AvgIpc) is 2.38. The van der Waals surface area contributed by atoms with E-state index >= 15 is 0 Å². The van der Waals surface area contributed by atoms with Crippen molar-refractivity contribution < 1.29 is 23.1 Å². The summed E-state index contributed by atoms with van der Waals surface area (Å²) in [7, 11) is -1.87. The van der Waals surface area contributed by atoms with Crippen LogP contribution >= 0.6 is 0 Å². The predicted molar refractivity (Wildman–Crippen MR) is 79.1 cm³/mol. The molecule has 0 fully saturated rings. The number of hydrogen-bond acceptors (Lipinski definition) is 5. The molecule has 0 heterocycles. The highest BCUT2D eigenvalue weighted by atomic mass is 32.2. The van der Waals surface area contributed by atoms with Gasteiger partial charge in [-0.15, -0.1) is 0 Å². The number of benzene rings is 1. The molecular formula is C14H21NO5S. The van der Waals surface area contributed by atoms with E-state index in [9.17, 15) is 18.3 Å². The number of carbonyl (C=O) groups is 1. The first-order valence-corrected chi connectivity index (χ1v) is 8.40. The summed E-state index contributed by atoms with van der Waals surface area (Å²) < 4.78 is 27.8. The van der Waals surface area contributed by atoms with E-state index in [-0.39, 0.29) is 24.0 Å². The number of aliphatic hydroxyl groups is 1. The van der Waals surface area contributed by atoms with Crippen LogP contribution in [-0.2, 0) is 14.6 Å². The Hall–Kier alpha value is -1.44. The zero-order chi connectivity index (χ0) is 16.0. The molecule has 1 rings (SSSR count). The fourth-order valence-corrected chi connectivity index (χ4v) is 2.45. The van der Waals surface area contributed by atoms with Gasteiger partial charge in [-0.25, -0.2) is 8.42 Å². The molecule has 0 radical (unpaired) electrons. The molecule has 21 heavy (non-hydrogen) atoms. The molecule has 0 aliphatic rings. The van der Waals surface area contributed by atoms with Crippen LogP contribution in [0.1, 0.15) is 22.3 Å². The Balaban J connectivity index is 2.74. The Bertz CT molecular complexity index is 597. The minimum Gasteiger partial charge on any atom is -0.391 e. The molecule has 1 aromatic carbocycles. The van der Waals surface area contributed by atoms with Gasteiger partial charge < -0.3 is 15.2 Å². The van der Waals surface area contributed by atoms with Crippen LogP contribution in [0.2, 0.25) is 0 Å². The number of amides is 1. The molecule has 6 nitrogen and oxygen atoms in total. The van der Waals surface area contributed by atoms with Crippen LogP contribution < -0.4 is 5.32 Å². The molecule has 118 valence electrons. The number of carbonyl (C=O) groups excluding carboxylic acids is 1. The number of ether oxygens (including phenoxy) is 1. The van der Waals surface area contributed by atoms with Crippen molar-refractivity contribution in [2.75, 3.05) is 26.5 Å². The number of methoxy groups -OCH3 is 1. The van der Waals surface area contributed by atoms with E-state index in [1.807, 2.05) is 0 Å². The Morgan fingerprint density at radius 3 is 2.67 bits per heavy atom. The van der Waals surface area contributed by atoms with Crippen molar-refractivity contribution in [1.82, 2.24) is 5.32 Å². The summed E-state index contributed by atoms with van der Waals surface area (Å²) in [5, 5.41) is 12.1. The highest BCUT2D eigenvalue weighted by Gasteiger charge is 2.14. The lowest BCUT2D eigenvalue weighted by atomic mass is 10.1. The van der Waals surface area contributed by atoms with E-state index in [4.69, 9.17) is 4.74 Å². The zero-order valence-electron chi connectivity index (χ0n) is 12.4. The van der Waals surface area contributed by atoms with Crippen molar-refractivity contribution in [3.63, 3.8) is 0 Å². The van der Waals surface area contributed by atoms with Gasteiger partial charge in [-0.3, -0.25) is 4.79 Å². The maximum Gasteiger partial charge on any atom is 0.251 e. The normalized spacial score (nSPS) is 13.0. The Labute approximate surface area is 125 Å². The zero-order valence-corrected chi connectivity index (χ0v) is 13.2. The van der Waals surface area contributed by atoms with Gasteiger partial charge in [0.2, 0.25) is 0 Å². The fraction of sp³-hybridized carbons (Fsp3) is 0.500. The summed E-state index contributed by atoms with van der Waals surface area (Å²) >= 11 is 0. The van der Waals surface area contributed by atoms with Crippen molar-refractivity contribution in [2.24, 2.45) is 0 Å². The third-order valence-electron chi connectivity index (χ3n) is 3.00. The number of aryl methyl sites for hydroxylation is 1.